The van der Waals surface area contributed by atoms with Crippen molar-refractivity contribution in [2.45, 2.75) is 26.4 Å². The van der Waals surface area contributed by atoms with Crippen LogP contribution < -0.4 is 10.9 Å². The normalized spacial score (nSPS) is 13.1. The van der Waals surface area contributed by atoms with Gasteiger partial charge in [0, 0.05) is 5.92 Å². The highest BCUT2D eigenvalue weighted by atomic mass is 19.4. The predicted octanol–water partition coefficient (Wildman–Crippen LogP) is 1.53. The summed E-state index contributed by atoms with van der Waals surface area (Å²) in [6.07, 6.45) is -9.91. The number of alkyl halides is 7. The van der Waals surface area contributed by atoms with E-state index >= 15 is 0 Å². The van der Waals surface area contributed by atoms with E-state index in [0.29, 0.717) is 0 Å². The summed E-state index contributed by atoms with van der Waals surface area (Å²) in [7, 11) is 0. The Balaban J connectivity index is 5.59. The maximum Gasteiger partial charge on any atom is 0.406 e. The van der Waals surface area contributed by atoms with Gasteiger partial charge in [-0.15, -0.1) is 0 Å². The lowest BCUT2D eigenvalue weighted by molar-refractivity contribution is -0.217. The molecule has 0 aliphatic carbocycles. The van der Waals surface area contributed by atoms with E-state index in [2.05, 4.69) is 0 Å². The SMILES string of the molecule is CC(C)C(=O)NN(NC(=O)C(CF)CF)C(=O)C(C(F)F)C(F)(F)F. The maximum atomic E-state index is 12.6. The molecule has 146 valence electrons. The first-order chi connectivity index (χ1) is 11.4. The third-order valence-corrected chi connectivity index (χ3v) is 2.80. The van der Waals surface area contributed by atoms with Gasteiger partial charge in [-0.05, 0) is 0 Å². The van der Waals surface area contributed by atoms with Gasteiger partial charge in [0.1, 0.15) is 13.3 Å². The van der Waals surface area contributed by atoms with E-state index in [1.54, 1.807) is 0 Å². The van der Waals surface area contributed by atoms with Crippen LogP contribution in [-0.4, -0.2) is 48.8 Å². The van der Waals surface area contributed by atoms with Crippen LogP contribution >= 0.6 is 0 Å². The quantitative estimate of drug-likeness (QED) is 0.540. The molecular formula is C12H16F7N3O3. The van der Waals surface area contributed by atoms with Crippen molar-refractivity contribution in [3.63, 3.8) is 0 Å². The van der Waals surface area contributed by atoms with Gasteiger partial charge >= 0.3 is 6.18 Å². The minimum atomic E-state index is -5.70. The lowest BCUT2D eigenvalue weighted by atomic mass is 10.1. The topological polar surface area (TPSA) is 78.5 Å². The molecule has 0 spiro atoms. The Bertz CT molecular complexity index is 481. The lowest BCUT2D eigenvalue weighted by Gasteiger charge is -2.29. The number of amides is 3. The van der Waals surface area contributed by atoms with Crippen molar-refractivity contribution in [3.8, 4) is 0 Å². The van der Waals surface area contributed by atoms with E-state index in [4.69, 9.17) is 0 Å². The monoisotopic (exact) mass is 383 g/mol. The van der Waals surface area contributed by atoms with Crippen LogP contribution in [0.2, 0.25) is 0 Å². The summed E-state index contributed by atoms with van der Waals surface area (Å²) in [6, 6.07) is 0. The van der Waals surface area contributed by atoms with Gasteiger partial charge in [0.25, 0.3) is 12.3 Å². The first-order valence-electron chi connectivity index (χ1n) is 6.78. The van der Waals surface area contributed by atoms with Crippen molar-refractivity contribution >= 4 is 17.7 Å². The molecular weight excluding hydrogens is 367 g/mol. The van der Waals surface area contributed by atoms with Crippen molar-refractivity contribution in [2.24, 2.45) is 17.8 Å². The van der Waals surface area contributed by atoms with E-state index in [0.717, 1.165) is 0 Å². The van der Waals surface area contributed by atoms with E-state index in [1.165, 1.54) is 24.7 Å². The van der Waals surface area contributed by atoms with Crippen LogP contribution in [-0.2, 0) is 14.4 Å². The van der Waals surface area contributed by atoms with Crippen molar-refractivity contribution < 1.29 is 45.1 Å². The van der Waals surface area contributed by atoms with Crippen LogP contribution in [0.25, 0.3) is 0 Å². The molecule has 1 unspecified atom stereocenters. The standard InChI is InChI=1S/C12H16F7N3O3/c1-5(2)9(23)20-22(21-10(24)6(3-13)4-14)11(25)7(8(15)16)12(17,18)19/h5-8H,3-4H2,1-2H3,(H,20,23)(H,21,24). The van der Waals surface area contributed by atoms with Crippen LogP contribution in [0.5, 0.6) is 0 Å². The van der Waals surface area contributed by atoms with Gasteiger partial charge in [-0.1, -0.05) is 13.8 Å². The molecule has 6 nitrogen and oxygen atoms in total. The van der Waals surface area contributed by atoms with Crippen LogP contribution in [0.4, 0.5) is 30.7 Å². The summed E-state index contributed by atoms with van der Waals surface area (Å²) in [6.45, 7) is -0.639. The van der Waals surface area contributed by atoms with Crippen LogP contribution in [0.1, 0.15) is 13.8 Å². The van der Waals surface area contributed by atoms with Crippen molar-refractivity contribution in [3.05, 3.63) is 0 Å². The highest BCUT2D eigenvalue weighted by molar-refractivity contribution is 5.88. The Morgan fingerprint density at radius 1 is 0.960 bits per heavy atom. The smallest absolute Gasteiger partial charge is 0.273 e. The average Bonchev–Trinajstić information content (AvgIpc) is 2.45. The van der Waals surface area contributed by atoms with Crippen LogP contribution in [0.3, 0.4) is 0 Å². The Hall–Kier alpha value is -2.08. The molecule has 0 radical (unpaired) electrons. The second-order valence-electron chi connectivity index (χ2n) is 5.14. The molecule has 13 heteroatoms. The predicted molar refractivity (Wildman–Crippen MR) is 69.0 cm³/mol. The maximum absolute atomic E-state index is 12.6. The van der Waals surface area contributed by atoms with E-state index in [1.807, 2.05) is 0 Å². The Kier molecular flexibility index (Phi) is 8.63. The zero-order valence-corrected chi connectivity index (χ0v) is 13.0. The Labute approximate surface area is 137 Å². The molecule has 1 atom stereocenters. The van der Waals surface area contributed by atoms with Gasteiger partial charge in [0.2, 0.25) is 11.8 Å². The fraction of sp³-hybridized carbons (Fsp3) is 0.750. The van der Waals surface area contributed by atoms with Crippen molar-refractivity contribution in [1.29, 1.82) is 0 Å². The molecule has 3 amide bonds. The number of rotatable bonds is 6. The molecule has 0 rings (SSSR count). The summed E-state index contributed by atoms with van der Waals surface area (Å²) >= 11 is 0. The average molecular weight is 383 g/mol. The molecule has 0 saturated carbocycles. The van der Waals surface area contributed by atoms with Crippen LogP contribution in [0.15, 0.2) is 0 Å². The summed E-state index contributed by atoms with van der Waals surface area (Å²) in [5, 5.41) is -0.521. The van der Waals surface area contributed by atoms with Crippen LogP contribution in [0, 0.1) is 17.8 Å². The van der Waals surface area contributed by atoms with Gasteiger partial charge in [0.05, 0.1) is 5.92 Å². The fourth-order valence-corrected chi connectivity index (χ4v) is 1.29. The van der Waals surface area contributed by atoms with Gasteiger partial charge < -0.3 is 0 Å². The Morgan fingerprint density at radius 2 is 1.40 bits per heavy atom. The second kappa shape index (κ2) is 9.42. The number of nitrogens with zero attached hydrogens (tertiary/aromatic N) is 1. The minimum Gasteiger partial charge on any atom is -0.273 e. The highest BCUT2D eigenvalue weighted by Crippen LogP contribution is 2.32. The van der Waals surface area contributed by atoms with E-state index in [9.17, 15) is 45.1 Å². The molecule has 0 aromatic carbocycles. The fourth-order valence-electron chi connectivity index (χ4n) is 1.29. The van der Waals surface area contributed by atoms with E-state index in [-0.39, 0.29) is 0 Å². The second-order valence-corrected chi connectivity index (χ2v) is 5.14. The molecule has 0 fully saturated rings. The molecule has 0 heterocycles. The van der Waals surface area contributed by atoms with Crippen molar-refractivity contribution in [2.75, 3.05) is 13.3 Å². The van der Waals surface area contributed by atoms with Gasteiger partial charge in [-0.2, -0.15) is 18.3 Å². The summed E-state index contributed by atoms with van der Waals surface area (Å²) in [5.41, 5.74) is 2.80. The number of hydrogen-bond donors (Lipinski definition) is 2. The zero-order chi connectivity index (χ0) is 19.9. The van der Waals surface area contributed by atoms with Gasteiger partial charge in [0.15, 0.2) is 5.92 Å². The number of carbonyl (C=O) groups excluding carboxylic acids is 3. The highest BCUT2D eigenvalue weighted by Gasteiger charge is 2.53. The molecule has 0 aliphatic heterocycles. The number of hydrogen-bond acceptors (Lipinski definition) is 3. The summed E-state index contributed by atoms with van der Waals surface area (Å²) in [5.74, 6) is -11.9. The summed E-state index contributed by atoms with van der Waals surface area (Å²) < 4.78 is 88.0. The van der Waals surface area contributed by atoms with Gasteiger partial charge in [-0.3, -0.25) is 23.2 Å². The number of hydrazine groups is 2. The first kappa shape index (κ1) is 22.9. The summed E-state index contributed by atoms with van der Waals surface area (Å²) in [4.78, 5) is 34.8. The molecule has 0 bridgehead atoms. The molecule has 0 aromatic heterocycles. The molecule has 0 aliphatic rings. The number of carbonyl (C=O) groups is 3. The van der Waals surface area contributed by atoms with Crippen molar-refractivity contribution in [1.82, 2.24) is 16.0 Å². The number of halogens is 7. The molecule has 0 aromatic rings. The first-order valence-corrected chi connectivity index (χ1v) is 6.78. The van der Waals surface area contributed by atoms with E-state index < -0.39 is 66.5 Å². The third-order valence-electron chi connectivity index (χ3n) is 2.80. The zero-order valence-electron chi connectivity index (χ0n) is 13.0. The minimum absolute atomic E-state index is 0.521. The molecule has 25 heavy (non-hydrogen) atoms. The number of nitrogens with one attached hydrogen (secondary N) is 2. The molecule has 0 saturated heterocycles. The lowest BCUT2D eigenvalue weighted by Crippen LogP contribution is -2.61. The third kappa shape index (κ3) is 6.74. The molecule has 2 N–H and O–H groups in total. The van der Waals surface area contributed by atoms with Gasteiger partial charge in [-0.25, -0.2) is 19.6 Å². The Morgan fingerprint density at radius 3 is 1.72 bits per heavy atom. The largest absolute Gasteiger partial charge is 0.406 e.